The Morgan fingerprint density at radius 2 is 1.90 bits per heavy atom. The van der Waals surface area contributed by atoms with Crippen molar-refractivity contribution in [2.24, 2.45) is 7.05 Å². The van der Waals surface area contributed by atoms with Crippen LogP contribution in [0, 0.1) is 6.92 Å². The molecule has 1 aliphatic rings. The van der Waals surface area contributed by atoms with Crippen LogP contribution in [-0.2, 0) is 31.3 Å². The van der Waals surface area contributed by atoms with Crippen molar-refractivity contribution in [2.75, 3.05) is 38.2 Å². The van der Waals surface area contributed by atoms with Crippen LogP contribution in [0.15, 0.2) is 40.0 Å². The molecule has 0 saturated carbocycles. The molecule has 0 unspecified atom stereocenters. The monoisotopic (exact) mass is 450 g/mol. The Morgan fingerprint density at radius 3 is 2.58 bits per heavy atom. The first-order chi connectivity index (χ1) is 14.7. The highest BCUT2D eigenvalue weighted by Gasteiger charge is 2.28. The number of morpholine rings is 1. The number of benzene rings is 1. The number of nitrogens with zero attached hydrogens (tertiary/aromatic N) is 3. The van der Waals surface area contributed by atoms with Gasteiger partial charge < -0.3 is 14.8 Å². The number of sulfonamides is 1. The lowest BCUT2D eigenvalue weighted by Crippen LogP contribution is -2.40. The molecule has 166 valence electrons. The number of anilines is 1. The number of carbonyl (C=O) groups excluding carboxylic acids is 2. The highest BCUT2D eigenvalue weighted by Crippen LogP contribution is 2.24. The maximum Gasteiger partial charge on any atom is 0.359 e. The van der Waals surface area contributed by atoms with Gasteiger partial charge in [-0.1, -0.05) is 6.07 Å². The van der Waals surface area contributed by atoms with Crippen LogP contribution >= 0.6 is 0 Å². The molecular weight excluding hydrogens is 428 g/mol. The van der Waals surface area contributed by atoms with E-state index < -0.39 is 34.1 Å². The molecule has 0 bridgehead atoms. The summed E-state index contributed by atoms with van der Waals surface area (Å²) in [5, 5.41) is 6.26. The summed E-state index contributed by atoms with van der Waals surface area (Å²) in [4.78, 5) is 35.6. The largest absolute Gasteiger partial charge is 0.451 e. The van der Waals surface area contributed by atoms with Crippen LogP contribution in [0.4, 0.5) is 5.69 Å². The average molecular weight is 450 g/mol. The number of esters is 1. The molecule has 0 spiro atoms. The van der Waals surface area contributed by atoms with Crippen molar-refractivity contribution < 1.29 is 27.5 Å². The Kier molecular flexibility index (Phi) is 6.83. The second-order valence-electron chi connectivity index (χ2n) is 6.80. The predicted molar refractivity (Wildman–Crippen MR) is 109 cm³/mol. The van der Waals surface area contributed by atoms with Gasteiger partial charge in [0.2, 0.25) is 10.0 Å². The Morgan fingerprint density at radius 1 is 1.19 bits per heavy atom. The normalized spacial score (nSPS) is 14.8. The van der Waals surface area contributed by atoms with Crippen molar-refractivity contribution in [3.05, 3.63) is 51.9 Å². The lowest BCUT2D eigenvalue weighted by molar-refractivity contribution is -0.119. The van der Waals surface area contributed by atoms with Gasteiger partial charge >= 0.3 is 5.97 Å². The number of rotatable bonds is 6. The molecule has 1 N–H and O–H groups in total. The first-order valence-corrected chi connectivity index (χ1v) is 10.8. The van der Waals surface area contributed by atoms with E-state index in [9.17, 15) is 22.8 Å². The van der Waals surface area contributed by atoms with Gasteiger partial charge in [0.05, 0.1) is 18.1 Å². The number of aryl methyl sites for hydroxylation is 2. The average Bonchev–Trinajstić information content (AvgIpc) is 2.75. The number of carbonyl (C=O) groups is 2. The molecule has 2 heterocycles. The summed E-state index contributed by atoms with van der Waals surface area (Å²) < 4.78 is 38.3. The molecule has 31 heavy (non-hydrogen) atoms. The van der Waals surface area contributed by atoms with E-state index in [-0.39, 0.29) is 29.4 Å². The van der Waals surface area contributed by atoms with Gasteiger partial charge in [0.15, 0.2) is 12.3 Å². The second-order valence-corrected chi connectivity index (χ2v) is 8.71. The minimum atomic E-state index is -3.74. The summed E-state index contributed by atoms with van der Waals surface area (Å²) in [5.41, 5.74) is 0.274. The molecule has 12 heteroatoms. The van der Waals surface area contributed by atoms with E-state index in [1.165, 1.54) is 23.5 Å². The van der Waals surface area contributed by atoms with Gasteiger partial charge in [-0.3, -0.25) is 9.59 Å². The van der Waals surface area contributed by atoms with Crippen molar-refractivity contribution in [1.82, 2.24) is 14.1 Å². The van der Waals surface area contributed by atoms with E-state index in [0.717, 1.165) is 10.7 Å². The highest BCUT2D eigenvalue weighted by atomic mass is 32.2. The third-order valence-corrected chi connectivity index (χ3v) is 6.60. The van der Waals surface area contributed by atoms with E-state index in [0.29, 0.717) is 18.8 Å². The van der Waals surface area contributed by atoms with Crippen LogP contribution in [0.2, 0.25) is 0 Å². The Labute approximate surface area is 178 Å². The van der Waals surface area contributed by atoms with E-state index in [2.05, 4.69) is 10.4 Å². The van der Waals surface area contributed by atoms with E-state index in [4.69, 9.17) is 9.47 Å². The van der Waals surface area contributed by atoms with Crippen LogP contribution in [0.5, 0.6) is 0 Å². The number of hydrogen-bond acceptors (Lipinski definition) is 8. The van der Waals surface area contributed by atoms with Crippen LogP contribution in [0.25, 0.3) is 0 Å². The summed E-state index contributed by atoms with van der Waals surface area (Å²) in [7, 11) is -2.36. The molecule has 1 amide bonds. The molecule has 2 aromatic rings. The predicted octanol–water partition coefficient (Wildman–Crippen LogP) is -0.0949. The van der Waals surface area contributed by atoms with Crippen LogP contribution in [0.1, 0.15) is 16.1 Å². The van der Waals surface area contributed by atoms with Gasteiger partial charge in [-0.15, -0.1) is 0 Å². The summed E-state index contributed by atoms with van der Waals surface area (Å²) in [6.45, 7) is 2.22. The van der Waals surface area contributed by atoms with Gasteiger partial charge in [-0.05, 0) is 30.7 Å². The molecule has 1 aliphatic heterocycles. The van der Waals surface area contributed by atoms with Crippen molar-refractivity contribution >= 4 is 27.6 Å². The zero-order valence-corrected chi connectivity index (χ0v) is 17.8. The lowest BCUT2D eigenvalue weighted by Gasteiger charge is -2.26. The molecule has 0 aliphatic carbocycles. The molecule has 0 atom stereocenters. The minimum absolute atomic E-state index is 0.0820. The number of aromatic nitrogens is 2. The van der Waals surface area contributed by atoms with Crippen LogP contribution in [0.3, 0.4) is 0 Å². The standard InChI is InChI=1S/C19H22N4O7S/c1-13-3-4-14(11-16(13)31(27,28)23-7-9-29-10-8-23)20-17(24)12-30-19(26)15-5-6-18(25)22(2)21-15/h3-6,11H,7-10,12H2,1-2H3,(H,20,24). The zero-order valence-electron chi connectivity index (χ0n) is 17.0. The van der Waals surface area contributed by atoms with Gasteiger partial charge in [0, 0.05) is 31.9 Å². The second kappa shape index (κ2) is 9.37. The van der Waals surface area contributed by atoms with Crippen molar-refractivity contribution in [3.8, 4) is 0 Å². The van der Waals surface area contributed by atoms with Gasteiger partial charge in [-0.25, -0.2) is 17.9 Å². The fraction of sp³-hybridized carbons (Fsp3) is 0.368. The Balaban J connectivity index is 1.66. The Bertz CT molecular complexity index is 1150. The summed E-state index contributed by atoms with van der Waals surface area (Å²) in [6.07, 6.45) is 0. The third-order valence-electron chi connectivity index (χ3n) is 4.56. The maximum atomic E-state index is 12.9. The van der Waals surface area contributed by atoms with E-state index in [1.807, 2.05) is 0 Å². The summed E-state index contributed by atoms with van der Waals surface area (Å²) in [5.74, 6) is -1.53. The van der Waals surface area contributed by atoms with E-state index in [1.54, 1.807) is 19.1 Å². The van der Waals surface area contributed by atoms with Crippen LogP contribution < -0.4 is 10.9 Å². The third kappa shape index (κ3) is 5.34. The summed E-state index contributed by atoms with van der Waals surface area (Å²) >= 11 is 0. The van der Waals surface area contributed by atoms with Gasteiger partial charge in [0.25, 0.3) is 11.5 Å². The molecule has 11 nitrogen and oxygen atoms in total. The van der Waals surface area contributed by atoms with E-state index >= 15 is 0 Å². The minimum Gasteiger partial charge on any atom is -0.451 e. The van der Waals surface area contributed by atoms with Crippen molar-refractivity contribution in [1.29, 1.82) is 0 Å². The molecule has 1 aromatic carbocycles. The van der Waals surface area contributed by atoms with Crippen molar-refractivity contribution in [3.63, 3.8) is 0 Å². The van der Waals surface area contributed by atoms with Gasteiger partial charge in [0.1, 0.15) is 0 Å². The number of ether oxygens (including phenoxy) is 2. The molecule has 1 fully saturated rings. The maximum absolute atomic E-state index is 12.9. The fourth-order valence-electron chi connectivity index (χ4n) is 2.90. The van der Waals surface area contributed by atoms with Crippen molar-refractivity contribution in [2.45, 2.75) is 11.8 Å². The zero-order chi connectivity index (χ0) is 22.6. The quantitative estimate of drug-likeness (QED) is 0.603. The number of nitrogens with one attached hydrogen (secondary N) is 1. The smallest absolute Gasteiger partial charge is 0.359 e. The number of amides is 1. The fourth-order valence-corrected chi connectivity index (χ4v) is 4.55. The first-order valence-electron chi connectivity index (χ1n) is 9.38. The topological polar surface area (TPSA) is 137 Å². The van der Waals surface area contributed by atoms with Crippen LogP contribution in [-0.4, -0.2) is 67.3 Å². The Hall–Kier alpha value is -3.09. The highest BCUT2D eigenvalue weighted by molar-refractivity contribution is 7.89. The first kappa shape index (κ1) is 22.6. The summed E-state index contributed by atoms with van der Waals surface area (Å²) in [6, 6.07) is 6.87. The number of hydrogen-bond donors (Lipinski definition) is 1. The molecule has 3 rings (SSSR count). The molecule has 0 radical (unpaired) electrons. The molecular formula is C19H22N4O7S. The lowest BCUT2D eigenvalue weighted by atomic mass is 10.2. The van der Waals surface area contributed by atoms with Gasteiger partial charge in [-0.2, -0.15) is 9.40 Å². The SMILES string of the molecule is Cc1ccc(NC(=O)COC(=O)c2ccc(=O)n(C)n2)cc1S(=O)(=O)N1CCOCC1. The molecule has 1 aromatic heterocycles. The molecule has 1 saturated heterocycles.